The zero-order valence-corrected chi connectivity index (χ0v) is 26.1. The van der Waals surface area contributed by atoms with Gasteiger partial charge in [-0.1, -0.05) is 36.9 Å². The van der Waals surface area contributed by atoms with Gasteiger partial charge in [0.25, 0.3) is 0 Å². The highest BCUT2D eigenvalue weighted by atomic mass is 19.4. The van der Waals surface area contributed by atoms with Crippen molar-refractivity contribution in [3.8, 4) is 22.4 Å². The van der Waals surface area contributed by atoms with Gasteiger partial charge in [-0.2, -0.15) is 17.9 Å². The lowest BCUT2D eigenvalue weighted by atomic mass is 9.96. The number of nitrogens with one attached hydrogen (secondary N) is 1. The van der Waals surface area contributed by atoms with E-state index in [1.54, 1.807) is 50.2 Å². The molecular formula is C34H34F3N5O5. The predicted molar refractivity (Wildman–Crippen MR) is 171 cm³/mol. The van der Waals surface area contributed by atoms with Crippen LogP contribution in [0.25, 0.3) is 33.4 Å². The molecule has 1 aliphatic heterocycles. The number of aromatic nitrogens is 2. The van der Waals surface area contributed by atoms with E-state index in [4.69, 9.17) is 9.57 Å². The SMILES string of the molecule is C=CC(=O)NCc1cccc(-c2c(-c3ccc(N4CCN(C)CC4)cc3)n(OC(=O)C(F)(F)F)c3ncc(C(=O)OC(C)C)cc23)c1. The summed E-state index contributed by atoms with van der Waals surface area (Å²) in [7, 11) is 2.05. The molecule has 0 spiro atoms. The Bertz CT molecular complexity index is 1810. The van der Waals surface area contributed by atoms with Crippen LogP contribution in [0.5, 0.6) is 0 Å². The van der Waals surface area contributed by atoms with Crippen molar-refractivity contribution in [2.45, 2.75) is 32.7 Å². The Hall–Kier alpha value is -5.17. The molecule has 0 bridgehead atoms. The van der Waals surface area contributed by atoms with Crippen LogP contribution in [0.2, 0.25) is 0 Å². The number of rotatable bonds is 9. The molecule has 47 heavy (non-hydrogen) atoms. The first kappa shape index (κ1) is 33.2. The third-order valence-corrected chi connectivity index (χ3v) is 7.63. The summed E-state index contributed by atoms with van der Waals surface area (Å²) in [6.45, 7) is 10.3. The second-order valence-corrected chi connectivity index (χ2v) is 11.4. The molecule has 0 unspecified atom stereocenters. The Labute approximate surface area is 269 Å². The van der Waals surface area contributed by atoms with Gasteiger partial charge in [-0.25, -0.2) is 14.6 Å². The molecule has 5 rings (SSSR count). The first-order valence-corrected chi connectivity index (χ1v) is 14.9. The summed E-state index contributed by atoms with van der Waals surface area (Å²) in [6, 6.07) is 15.6. The number of amides is 1. The molecular weight excluding hydrogens is 615 g/mol. The third kappa shape index (κ3) is 7.46. The van der Waals surface area contributed by atoms with Gasteiger partial charge in [-0.15, -0.1) is 0 Å². The van der Waals surface area contributed by atoms with Crippen LogP contribution in [-0.4, -0.2) is 78.0 Å². The maximum atomic E-state index is 13.6. The number of hydrogen-bond acceptors (Lipinski definition) is 8. The van der Waals surface area contributed by atoms with Crippen LogP contribution in [0.1, 0.15) is 29.8 Å². The van der Waals surface area contributed by atoms with E-state index in [1.165, 1.54) is 6.07 Å². The van der Waals surface area contributed by atoms with E-state index in [0.717, 1.165) is 48.9 Å². The summed E-state index contributed by atoms with van der Waals surface area (Å²) in [5, 5.41) is 2.94. The summed E-state index contributed by atoms with van der Waals surface area (Å²) in [6.07, 6.45) is -3.44. The number of esters is 1. The number of halogens is 3. The van der Waals surface area contributed by atoms with E-state index in [9.17, 15) is 27.6 Å². The summed E-state index contributed by atoms with van der Waals surface area (Å²) in [5.74, 6) is -3.51. The molecule has 4 aromatic rings. The van der Waals surface area contributed by atoms with E-state index in [0.29, 0.717) is 22.3 Å². The minimum Gasteiger partial charge on any atom is -0.459 e. The summed E-state index contributed by atoms with van der Waals surface area (Å²) in [5.41, 5.74) is 2.93. The Morgan fingerprint density at radius 3 is 2.36 bits per heavy atom. The number of carbonyl (C=O) groups excluding carboxylic acids is 3. The Kier molecular flexibility index (Phi) is 9.66. The standard InChI is InChI=1S/C34H34F3N5O5/c1-5-28(43)38-19-22-7-6-8-24(17-22)29-27-18-25(32(44)46-21(2)3)20-39-31(27)42(47-33(45)34(35,36)37)30(29)23-9-11-26(12-10-23)41-15-13-40(4)14-16-41/h5-12,17-18,20-21H,1,13-16,19H2,2-4H3,(H,38,43). The van der Waals surface area contributed by atoms with Crippen molar-refractivity contribution in [1.29, 1.82) is 0 Å². The highest BCUT2D eigenvalue weighted by Gasteiger charge is 2.43. The van der Waals surface area contributed by atoms with Crippen LogP contribution in [0, 0.1) is 0 Å². The second-order valence-electron chi connectivity index (χ2n) is 11.4. The van der Waals surface area contributed by atoms with Crippen LogP contribution in [0.15, 0.2) is 73.4 Å². The summed E-state index contributed by atoms with van der Waals surface area (Å²) in [4.78, 5) is 50.8. The number of fused-ring (bicyclic) bond motifs is 1. The molecule has 0 radical (unpaired) electrons. The third-order valence-electron chi connectivity index (χ3n) is 7.63. The maximum Gasteiger partial charge on any atom is 0.493 e. The van der Waals surface area contributed by atoms with Gasteiger partial charge in [0.1, 0.15) is 0 Å². The molecule has 10 nitrogen and oxygen atoms in total. The molecule has 13 heteroatoms. The number of carbonyl (C=O) groups is 3. The Morgan fingerprint density at radius 1 is 1.02 bits per heavy atom. The number of alkyl halides is 3. The molecule has 0 atom stereocenters. The molecule has 1 fully saturated rings. The smallest absolute Gasteiger partial charge is 0.459 e. The number of ether oxygens (including phenoxy) is 1. The van der Waals surface area contributed by atoms with Crippen LogP contribution < -0.4 is 15.1 Å². The van der Waals surface area contributed by atoms with Crippen molar-refractivity contribution in [3.05, 3.63) is 84.6 Å². The van der Waals surface area contributed by atoms with Gasteiger partial charge in [-0.05, 0) is 62.4 Å². The zero-order valence-electron chi connectivity index (χ0n) is 26.1. The van der Waals surface area contributed by atoms with Gasteiger partial charge < -0.3 is 24.7 Å². The topological polar surface area (TPSA) is 106 Å². The van der Waals surface area contributed by atoms with Gasteiger partial charge in [-0.3, -0.25) is 4.79 Å². The minimum absolute atomic E-state index is 0.0538. The molecule has 1 saturated heterocycles. The fourth-order valence-electron chi connectivity index (χ4n) is 5.30. The first-order valence-electron chi connectivity index (χ1n) is 14.9. The van der Waals surface area contributed by atoms with E-state index in [-0.39, 0.29) is 34.7 Å². The predicted octanol–water partition coefficient (Wildman–Crippen LogP) is 5.01. The minimum atomic E-state index is -5.30. The second kappa shape index (κ2) is 13.7. The fourth-order valence-corrected chi connectivity index (χ4v) is 5.30. The molecule has 2 aromatic heterocycles. The quantitative estimate of drug-likeness (QED) is 0.200. The average Bonchev–Trinajstić information content (AvgIpc) is 3.36. The van der Waals surface area contributed by atoms with Crippen molar-refractivity contribution >= 4 is 34.6 Å². The molecule has 0 aliphatic carbocycles. The van der Waals surface area contributed by atoms with Crippen molar-refractivity contribution in [3.63, 3.8) is 0 Å². The molecule has 1 N–H and O–H groups in total. The number of anilines is 1. The van der Waals surface area contributed by atoms with E-state index in [2.05, 4.69) is 26.7 Å². The molecule has 1 aliphatic rings. The number of likely N-dealkylation sites (N-methyl/N-ethyl adjacent to an activating group) is 1. The lowest BCUT2D eigenvalue weighted by Gasteiger charge is -2.34. The van der Waals surface area contributed by atoms with Crippen molar-refractivity contribution in [2.24, 2.45) is 0 Å². The van der Waals surface area contributed by atoms with Crippen molar-refractivity contribution in [2.75, 3.05) is 38.1 Å². The fraction of sp³-hybridized carbons (Fsp3) is 0.294. The van der Waals surface area contributed by atoms with Gasteiger partial charge >= 0.3 is 18.1 Å². The van der Waals surface area contributed by atoms with Gasteiger partial charge in [0, 0.05) is 61.1 Å². The average molecular weight is 650 g/mol. The van der Waals surface area contributed by atoms with Crippen LogP contribution in [0.4, 0.5) is 18.9 Å². The Balaban J connectivity index is 1.73. The van der Waals surface area contributed by atoms with Crippen LogP contribution in [0.3, 0.4) is 0 Å². The largest absolute Gasteiger partial charge is 0.493 e. The van der Waals surface area contributed by atoms with Crippen LogP contribution >= 0.6 is 0 Å². The molecule has 0 saturated carbocycles. The number of hydrogen-bond donors (Lipinski definition) is 1. The van der Waals surface area contributed by atoms with E-state index < -0.39 is 24.2 Å². The van der Waals surface area contributed by atoms with Gasteiger partial charge in [0.15, 0.2) is 5.65 Å². The first-order chi connectivity index (χ1) is 22.3. The number of piperazine rings is 1. The summed E-state index contributed by atoms with van der Waals surface area (Å²) >= 11 is 0. The molecule has 1 amide bonds. The lowest BCUT2D eigenvalue weighted by Crippen LogP contribution is -2.44. The molecule has 2 aromatic carbocycles. The number of pyridine rings is 1. The summed E-state index contributed by atoms with van der Waals surface area (Å²) < 4.78 is 46.9. The lowest BCUT2D eigenvalue weighted by molar-refractivity contribution is -0.199. The Morgan fingerprint density at radius 2 is 1.72 bits per heavy atom. The van der Waals surface area contributed by atoms with E-state index >= 15 is 0 Å². The highest BCUT2D eigenvalue weighted by Crippen LogP contribution is 2.41. The van der Waals surface area contributed by atoms with Crippen molar-refractivity contribution in [1.82, 2.24) is 19.9 Å². The molecule has 246 valence electrons. The van der Waals surface area contributed by atoms with Crippen LogP contribution in [-0.2, 0) is 20.9 Å². The monoisotopic (exact) mass is 649 g/mol. The number of benzene rings is 2. The molecule has 3 heterocycles. The maximum absolute atomic E-state index is 13.6. The van der Waals surface area contributed by atoms with Gasteiger partial charge in [0.2, 0.25) is 5.91 Å². The van der Waals surface area contributed by atoms with Gasteiger partial charge in [0.05, 0.1) is 17.4 Å². The van der Waals surface area contributed by atoms with E-state index in [1.807, 2.05) is 19.2 Å². The van der Waals surface area contributed by atoms with Crippen molar-refractivity contribution < 1.29 is 37.1 Å². The highest BCUT2D eigenvalue weighted by molar-refractivity contribution is 6.06. The number of nitrogens with zero attached hydrogens (tertiary/aromatic N) is 4. The zero-order chi connectivity index (χ0) is 33.9. The normalized spacial score (nSPS) is 13.9.